The molecule has 1 aromatic carbocycles. The molecule has 4 rings (SSSR count). The number of hydrogen-bond donors (Lipinski definition) is 2. The van der Waals surface area contributed by atoms with E-state index in [1.165, 1.54) is 16.2 Å². The Morgan fingerprint density at radius 2 is 2.11 bits per heavy atom. The lowest BCUT2D eigenvalue weighted by atomic mass is 10.1. The van der Waals surface area contributed by atoms with Crippen LogP contribution in [0.25, 0.3) is 10.9 Å². The standard InChI is InChI=1S/C19H19BrN4O3S/c1-11-10-28-18(21-11)22-16(25)9-24-14-6-8-23(19(26)27)7-5-12(14)17-13(20)3-2-4-15(17)24/h2-4,10H,5-9H2,1H3,(H,26,27)(H,21,22,25). The molecule has 0 aliphatic carbocycles. The summed E-state index contributed by atoms with van der Waals surface area (Å²) >= 11 is 5.03. The summed E-state index contributed by atoms with van der Waals surface area (Å²) in [6, 6.07) is 5.93. The number of aryl methyl sites for hydroxylation is 1. The Labute approximate surface area is 174 Å². The number of amides is 2. The summed E-state index contributed by atoms with van der Waals surface area (Å²) in [4.78, 5) is 29.8. The quantitative estimate of drug-likeness (QED) is 0.617. The van der Waals surface area contributed by atoms with Crippen LogP contribution in [-0.2, 0) is 24.2 Å². The maximum absolute atomic E-state index is 12.7. The zero-order chi connectivity index (χ0) is 19.8. The number of nitrogens with one attached hydrogen (secondary N) is 1. The molecule has 0 radical (unpaired) electrons. The zero-order valence-electron chi connectivity index (χ0n) is 15.2. The lowest BCUT2D eigenvalue weighted by molar-refractivity contribution is -0.116. The molecule has 3 aromatic rings. The van der Waals surface area contributed by atoms with Gasteiger partial charge in [0, 0.05) is 40.4 Å². The fourth-order valence-electron chi connectivity index (χ4n) is 3.73. The van der Waals surface area contributed by atoms with Crippen LogP contribution in [0.3, 0.4) is 0 Å². The van der Waals surface area contributed by atoms with Gasteiger partial charge >= 0.3 is 6.09 Å². The van der Waals surface area contributed by atoms with Crippen LogP contribution in [0.1, 0.15) is 17.0 Å². The van der Waals surface area contributed by atoms with Crippen molar-refractivity contribution in [3.05, 3.63) is 45.0 Å². The largest absolute Gasteiger partial charge is 0.465 e. The highest BCUT2D eigenvalue weighted by molar-refractivity contribution is 9.10. The molecule has 1 aliphatic rings. The number of benzene rings is 1. The van der Waals surface area contributed by atoms with E-state index in [1.807, 2.05) is 35.1 Å². The van der Waals surface area contributed by atoms with Gasteiger partial charge in [-0.05, 0) is 31.0 Å². The lowest BCUT2D eigenvalue weighted by Crippen LogP contribution is -2.32. The van der Waals surface area contributed by atoms with Crippen molar-refractivity contribution in [2.75, 3.05) is 18.4 Å². The van der Waals surface area contributed by atoms with Crippen LogP contribution in [0, 0.1) is 6.92 Å². The van der Waals surface area contributed by atoms with Gasteiger partial charge in [0.05, 0.1) is 11.2 Å². The van der Waals surface area contributed by atoms with Crippen LogP contribution in [0.2, 0.25) is 0 Å². The van der Waals surface area contributed by atoms with Crippen LogP contribution in [0.15, 0.2) is 28.1 Å². The highest BCUT2D eigenvalue weighted by Crippen LogP contribution is 2.34. The van der Waals surface area contributed by atoms with E-state index in [0.29, 0.717) is 31.1 Å². The lowest BCUT2D eigenvalue weighted by Gasteiger charge is -2.16. The topological polar surface area (TPSA) is 87.5 Å². The molecule has 9 heteroatoms. The predicted octanol–water partition coefficient (Wildman–Crippen LogP) is 3.89. The minimum Gasteiger partial charge on any atom is -0.465 e. The first-order valence-electron chi connectivity index (χ1n) is 8.92. The van der Waals surface area contributed by atoms with Crippen molar-refractivity contribution >= 4 is 55.3 Å². The Kier molecular flexibility index (Phi) is 5.11. The Bertz CT molecular complexity index is 1070. The van der Waals surface area contributed by atoms with Crippen LogP contribution >= 0.6 is 27.3 Å². The second kappa shape index (κ2) is 7.56. The van der Waals surface area contributed by atoms with Crippen molar-refractivity contribution in [1.29, 1.82) is 0 Å². The van der Waals surface area contributed by atoms with Crippen LogP contribution in [-0.4, -0.2) is 44.6 Å². The fraction of sp³-hybridized carbons (Fsp3) is 0.316. The third-order valence-corrected chi connectivity index (χ3v) is 6.48. The van der Waals surface area contributed by atoms with Gasteiger partial charge in [0.2, 0.25) is 5.91 Å². The van der Waals surface area contributed by atoms with Crippen LogP contribution in [0.4, 0.5) is 9.93 Å². The molecule has 2 amide bonds. The van der Waals surface area contributed by atoms with Crippen molar-refractivity contribution in [2.45, 2.75) is 26.3 Å². The second-order valence-electron chi connectivity index (χ2n) is 6.76. The van der Waals surface area contributed by atoms with Crippen molar-refractivity contribution < 1.29 is 14.7 Å². The first-order valence-corrected chi connectivity index (χ1v) is 10.6. The second-order valence-corrected chi connectivity index (χ2v) is 8.47. The van der Waals surface area contributed by atoms with E-state index in [9.17, 15) is 14.7 Å². The molecular weight excluding hydrogens is 444 g/mol. The number of nitrogens with zero attached hydrogens (tertiary/aromatic N) is 3. The Hall–Kier alpha value is -2.39. The first kappa shape index (κ1) is 18.9. The van der Waals surface area contributed by atoms with Gasteiger partial charge in [0.1, 0.15) is 6.54 Å². The minimum absolute atomic E-state index is 0.145. The van der Waals surface area contributed by atoms with E-state index in [1.54, 1.807) is 0 Å². The number of carboxylic acid groups (broad SMARTS) is 1. The highest BCUT2D eigenvalue weighted by Gasteiger charge is 2.25. The third-order valence-electron chi connectivity index (χ3n) is 4.95. The molecule has 2 aromatic heterocycles. The number of rotatable bonds is 3. The van der Waals surface area contributed by atoms with Crippen molar-refractivity contribution in [2.24, 2.45) is 0 Å². The third kappa shape index (κ3) is 3.51. The van der Waals surface area contributed by atoms with Crippen molar-refractivity contribution in [1.82, 2.24) is 14.5 Å². The summed E-state index contributed by atoms with van der Waals surface area (Å²) in [5.41, 5.74) is 3.99. The number of hydrogen-bond acceptors (Lipinski definition) is 4. The van der Waals surface area contributed by atoms with Gasteiger partial charge in [-0.2, -0.15) is 0 Å². The molecule has 1 aliphatic heterocycles. The summed E-state index contributed by atoms with van der Waals surface area (Å²) in [5, 5.41) is 15.8. The molecule has 0 unspecified atom stereocenters. The van der Waals surface area contributed by atoms with E-state index in [0.717, 1.165) is 32.3 Å². The molecule has 7 nitrogen and oxygen atoms in total. The Morgan fingerprint density at radius 3 is 2.82 bits per heavy atom. The normalized spacial score (nSPS) is 14.0. The van der Waals surface area contributed by atoms with E-state index < -0.39 is 6.09 Å². The van der Waals surface area contributed by atoms with E-state index in [4.69, 9.17) is 0 Å². The summed E-state index contributed by atoms with van der Waals surface area (Å²) in [6.07, 6.45) is 0.296. The van der Waals surface area contributed by atoms with Gasteiger partial charge in [-0.1, -0.05) is 22.0 Å². The van der Waals surface area contributed by atoms with Crippen molar-refractivity contribution in [3.8, 4) is 0 Å². The molecule has 28 heavy (non-hydrogen) atoms. The molecule has 0 atom stereocenters. The Morgan fingerprint density at radius 1 is 1.32 bits per heavy atom. The minimum atomic E-state index is -0.906. The fourth-order valence-corrected chi connectivity index (χ4v) is 5.03. The number of carbonyl (C=O) groups is 2. The zero-order valence-corrected chi connectivity index (χ0v) is 17.6. The van der Waals surface area contributed by atoms with Gasteiger partial charge in [0.15, 0.2) is 5.13 Å². The molecule has 0 saturated carbocycles. The maximum atomic E-state index is 12.7. The number of carbonyl (C=O) groups excluding carboxylic acids is 1. The van der Waals surface area contributed by atoms with Gasteiger partial charge < -0.3 is 19.9 Å². The summed E-state index contributed by atoms with van der Waals surface area (Å²) in [6.45, 7) is 2.92. The van der Waals surface area contributed by atoms with Gasteiger partial charge in [0.25, 0.3) is 0 Å². The smallest absolute Gasteiger partial charge is 0.407 e. The van der Waals surface area contributed by atoms with Gasteiger partial charge in [-0.3, -0.25) is 4.79 Å². The van der Waals surface area contributed by atoms with Crippen LogP contribution in [0.5, 0.6) is 0 Å². The van der Waals surface area contributed by atoms with E-state index >= 15 is 0 Å². The first-order chi connectivity index (χ1) is 13.4. The van der Waals surface area contributed by atoms with Gasteiger partial charge in [-0.15, -0.1) is 11.3 Å². The molecule has 0 spiro atoms. The van der Waals surface area contributed by atoms with Crippen molar-refractivity contribution in [3.63, 3.8) is 0 Å². The highest BCUT2D eigenvalue weighted by atomic mass is 79.9. The monoisotopic (exact) mass is 462 g/mol. The molecule has 3 heterocycles. The Balaban J connectivity index is 1.71. The van der Waals surface area contributed by atoms with Gasteiger partial charge in [-0.25, -0.2) is 9.78 Å². The van der Waals surface area contributed by atoms with Crippen LogP contribution < -0.4 is 5.32 Å². The van der Waals surface area contributed by atoms with E-state index in [-0.39, 0.29) is 12.5 Å². The number of thiazole rings is 1. The number of fused-ring (bicyclic) bond motifs is 3. The molecule has 0 saturated heterocycles. The maximum Gasteiger partial charge on any atom is 0.407 e. The molecular formula is C19H19BrN4O3S. The average Bonchev–Trinajstić information content (AvgIpc) is 3.08. The number of aromatic nitrogens is 2. The number of anilines is 1. The SMILES string of the molecule is Cc1csc(NC(=O)Cn2c3c(c4c(Br)cccc42)CCN(C(=O)O)CC3)n1. The average molecular weight is 463 g/mol. The summed E-state index contributed by atoms with van der Waals surface area (Å²) in [7, 11) is 0. The molecule has 146 valence electrons. The molecule has 0 fully saturated rings. The summed E-state index contributed by atoms with van der Waals surface area (Å²) in [5.74, 6) is -0.145. The molecule has 2 N–H and O–H groups in total. The number of halogens is 1. The molecule has 0 bridgehead atoms. The predicted molar refractivity (Wildman–Crippen MR) is 112 cm³/mol. The summed E-state index contributed by atoms with van der Waals surface area (Å²) < 4.78 is 2.97. The van der Waals surface area contributed by atoms with E-state index in [2.05, 4.69) is 26.2 Å².